The zero-order valence-corrected chi connectivity index (χ0v) is 19.7. The second-order valence-electron chi connectivity index (χ2n) is 8.67. The number of likely N-dealkylation sites (tertiary alicyclic amines) is 1. The lowest BCUT2D eigenvalue weighted by Crippen LogP contribution is -2.29. The molecule has 1 aliphatic heterocycles. The molecule has 0 radical (unpaired) electrons. The number of hydrogen-bond acceptors (Lipinski definition) is 6. The molecule has 7 nitrogen and oxygen atoms in total. The van der Waals surface area contributed by atoms with Gasteiger partial charge in [0.2, 0.25) is 0 Å². The Morgan fingerprint density at radius 3 is 2.67 bits per heavy atom. The smallest absolute Gasteiger partial charge is 0.435 e. The Morgan fingerprint density at radius 1 is 1.17 bits per heavy atom. The number of hydrogen-bond donors (Lipinski definition) is 0. The molecule has 0 N–H and O–H groups in total. The summed E-state index contributed by atoms with van der Waals surface area (Å²) in [6.07, 6.45) is 7.13. The molecule has 158 valence electrons. The minimum atomic E-state index is -0.589. The molecular formula is C22H26IN5O2. The standard InChI is InChI=1S/C22H26IN5O2/c1-22(2,3)30-21(29)28-18-8-7-17(25-19(18)20(23)26-28)16-11-15(12-24-13-16)14-27-9-5-4-6-10-27/h7-8,11-13H,4-6,9-10,14H2,1-3H3. The van der Waals surface area contributed by atoms with Crippen molar-refractivity contribution >= 4 is 39.7 Å². The molecule has 30 heavy (non-hydrogen) atoms. The van der Waals surface area contributed by atoms with Crippen LogP contribution in [0, 0.1) is 3.70 Å². The van der Waals surface area contributed by atoms with Crippen molar-refractivity contribution in [3.05, 3.63) is 39.9 Å². The molecule has 1 saturated heterocycles. The molecule has 0 saturated carbocycles. The number of aromatic nitrogens is 4. The van der Waals surface area contributed by atoms with Gasteiger partial charge in [-0.2, -0.15) is 9.78 Å². The largest absolute Gasteiger partial charge is 0.442 e. The summed E-state index contributed by atoms with van der Waals surface area (Å²) in [4.78, 5) is 24.2. The Hall–Kier alpha value is -2.07. The summed E-state index contributed by atoms with van der Waals surface area (Å²) in [5.74, 6) is 0. The van der Waals surface area contributed by atoms with E-state index in [1.807, 2.05) is 45.3 Å². The lowest BCUT2D eigenvalue weighted by molar-refractivity contribution is 0.0522. The fourth-order valence-electron chi connectivity index (χ4n) is 3.66. The Kier molecular flexibility index (Phi) is 6.06. The van der Waals surface area contributed by atoms with E-state index in [1.165, 1.54) is 29.5 Å². The number of piperidine rings is 1. The molecule has 4 heterocycles. The highest BCUT2D eigenvalue weighted by molar-refractivity contribution is 14.1. The van der Waals surface area contributed by atoms with E-state index in [-0.39, 0.29) is 0 Å². The van der Waals surface area contributed by atoms with Crippen LogP contribution in [0.25, 0.3) is 22.3 Å². The summed E-state index contributed by atoms with van der Waals surface area (Å²) in [6, 6.07) is 5.93. The predicted molar refractivity (Wildman–Crippen MR) is 124 cm³/mol. The van der Waals surface area contributed by atoms with Crippen LogP contribution in [0.2, 0.25) is 0 Å². The monoisotopic (exact) mass is 519 g/mol. The predicted octanol–water partition coefficient (Wildman–Crippen LogP) is 4.87. The number of halogens is 1. The molecule has 1 aliphatic rings. The average Bonchev–Trinajstić information content (AvgIpc) is 3.04. The topological polar surface area (TPSA) is 73.1 Å². The van der Waals surface area contributed by atoms with Crippen molar-refractivity contribution in [2.24, 2.45) is 0 Å². The molecule has 3 aromatic rings. The van der Waals surface area contributed by atoms with Crippen molar-refractivity contribution < 1.29 is 9.53 Å². The summed E-state index contributed by atoms with van der Waals surface area (Å²) < 4.78 is 7.41. The maximum Gasteiger partial charge on any atom is 0.435 e. The Morgan fingerprint density at radius 2 is 1.93 bits per heavy atom. The van der Waals surface area contributed by atoms with Crippen LogP contribution in [0.4, 0.5) is 4.79 Å². The van der Waals surface area contributed by atoms with E-state index in [9.17, 15) is 4.79 Å². The number of ether oxygens (including phenoxy) is 1. The van der Waals surface area contributed by atoms with Gasteiger partial charge in [-0.15, -0.1) is 0 Å². The van der Waals surface area contributed by atoms with Gasteiger partial charge in [0.05, 0.1) is 5.69 Å². The summed E-state index contributed by atoms with van der Waals surface area (Å²) >= 11 is 2.10. The quantitative estimate of drug-likeness (QED) is 0.460. The van der Waals surface area contributed by atoms with Crippen LogP contribution in [0.1, 0.15) is 45.6 Å². The maximum absolute atomic E-state index is 12.5. The summed E-state index contributed by atoms with van der Waals surface area (Å²) in [6.45, 7) is 8.72. The van der Waals surface area contributed by atoms with E-state index in [1.54, 1.807) is 0 Å². The first-order chi connectivity index (χ1) is 14.3. The van der Waals surface area contributed by atoms with Crippen molar-refractivity contribution in [3.8, 4) is 11.3 Å². The molecular weight excluding hydrogens is 493 g/mol. The zero-order chi connectivity index (χ0) is 21.3. The highest BCUT2D eigenvalue weighted by atomic mass is 127. The van der Waals surface area contributed by atoms with Crippen molar-refractivity contribution in [1.82, 2.24) is 24.6 Å². The lowest BCUT2D eigenvalue weighted by atomic mass is 10.1. The fourth-order valence-corrected chi connectivity index (χ4v) is 4.27. The zero-order valence-electron chi connectivity index (χ0n) is 17.6. The number of carbonyl (C=O) groups excluding carboxylic acids is 1. The number of pyridine rings is 2. The first-order valence-corrected chi connectivity index (χ1v) is 11.3. The SMILES string of the molecule is CC(C)(C)OC(=O)n1nc(I)c2nc(-c3cncc(CN4CCCCC4)c3)ccc21. The second-order valence-corrected chi connectivity index (χ2v) is 9.69. The van der Waals surface area contributed by atoms with Gasteiger partial charge in [-0.1, -0.05) is 6.42 Å². The Balaban J connectivity index is 1.62. The van der Waals surface area contributed by atoms with Gasteiger partial charge in [0.25, 0.3) is 0 Å². The Labute approximate surface area is 190 Å². The lowest BCUT2D eigenvalue weighted by Gasteiger charge is -2.26. The Bertz CT molecular complexity index is 1070. The number of nitrogens with zero attached hydrogens (tertiary/aromatic N) is 5. The molecule has 8 heteroatoms. The first kappa shape index (κ1) is 21.2. The van der Waals surface area contributed by atoms with E-state index < -0.39 is 11.7 Å². The third-order valence-electron chi connectivity index (χ3n) is 5.00. The molecule has 0 atom stereocenters. The minimum absolute atomic E-state index is 0.504. The van der Waals surface area contributed by atoms with Crippen LogP contribution >= 0.6 is 22.6 Å². The van der Waals surface area contributed by atoms with Gasteiger partial charge in [0, 0.05) is 24.5 Å². The van der Waals surface area contributed by atoms with Gasteiger partial charge in [-0.3, -0.25) is 9.88 Å². The minimum Gasteiger partial charge on any atom is -0.442 e. The van der Waals surface area contributed by atoms with Crippen molar-refractivity contribution in [3.63, 3.8) is 0 Å². The van der Waals surface area contributed by atoms with Gasteiger partial charge in [-0.05, 0) is 93.1 Å². The average molecular weight is 519 g/mol. The van der Waals surface area contributed by atoms with Crippen LogP contribution in [-0.4, -0.2) is 49.4 Å². The van der Waals surface area contributed by atoms with Gasteiger partial charge in [-0.25, -0.2) is 9.78 Å². The molecule has 0 aliphatic carbocycles. The fraction of sp³-hybridized carbons (Fsp3) is 0.455. The molecule has 0 spiro atoms. The maximum atomic E-state index is 12.5. The first-order valence-electron chi connectivity index (χ1n) is 10.3. The normalized spacial score (nSPS) is 15.5. The van der Waals surface area contributed by atoms with Crippen molar-refractivity contribution in [2.75, 3.05) is 13.1 Å². The van der Waals surface area contributed by atoms with E-state index >= 15 is 0 Å². The molecule has 3 aromatic heterocycles. The molecule has 1 fully saturated rings. The molecule has 0 aromatic carbocycles. The van der Waals surface area contributed by atoms with Crippen LogP contribution in [0.5, 0.6) is 0 Å². The van der Waals surface area contributed by atoms with E-state index in [0.29, 0.717) is 14.7 Å². The third kappa shape index (κ3) is 4.80. The van der Waals surface area contributed by atoms with Gasteiger partial charge in [0.1, 0.15) is 20.3 Å². The summed E-state index contributed by atoms with van der Waals surface area (Å²) in [5.41, 5.74) is 3.70. The second kappa shape index (κ2) is 8.58. The number of fused-ring (bicyclic) bond motifs is 1. The summed E-state index contributed by atoms with van der Waals surface area (Å²) in [5, 5.41) is 4.35. The van der Waals surface area contributed by atoms with E-state index in [2.05, 4.69) is 43.6 Å². The van der Waals surface area contributed by atoms with Crippen LogP contribution in [0.15, 0.2) is 30.6 Å². The van der Waals surface area contributed by atoms with Crippen LogP contribution in [-0.2, 0) is 11.3 Å². The highest BCUT2D eigenvalue weighted by Crippen LogP contribution is 2.25. The summed E-state index contributed by atoms with van der Waals surface area (Å²) in [7, 11) is 0. The third-order valence-corrected chi connectivity index (χ3v) is 5.72. The molecule has 0 amide bonds. The van der Waals surface area contributed by atoms with E-state index in [4.69, 9.17) is 9.72 Å². The van der Waals surface area contributed by atoms with Gasteiger partial charge >= 0.3 is 6.09 Å². The molecule has 0 bridgehead atoms. The number of rotatable bonds is 3. The number of carbonyl (C=O) groups is 1. The molecule has 4 rings (SSSR count). The highest BCUT2D eigenvalue weighted by Gasteiger charge is 2.22. The van der Waals surface area contributed by atoms with Crippen molar-refractivity contribution in [1.29, 1.82) is 0 Å². The van der Waals surface area contributed by atoms with Gasteiger partial charge in [0.15, 0.2) is 0 Å². The van der Waals surface area contributed by atoms with E-state index in [0.717, 1.165) is 30.9 Å². The van der Waals surface area contributed by atoms with Gasteiger partial charge < -0.3 is 4.74 Å². The van der Waals surface area contributed by atoms with Crippen molar-refractivity contribution in [2.45, 2.75) is 52.2 Å². The van der Waals surface area contributed by atoms with Crippen LogP contribution < -0.4 is 0 Å². The molecule has 0 unspecified atom stereocenters. The van der Waals surface area contributed by atoms with Crippen LogP contribution in [0.3, 0.4) is 0 Å².